The highest BCUT2D eigenvalue weighted by atomic mass is 15.3. The quantitative estimate of drug-likeness (QED) is 0.686. The first-order valence-corrected chi connectivity index (χ1v) is 7.33. The normalized spacial score (nSPS) is 16.0. The summed E-state index contributed by atoms with van der Waals surface area (Å²) in [4.78, 5) is 17.6. The highest BCUT2D eigenvalue weighted by molar-refractivity contribution is 5.63. The van der Waals surface area contributed by atoms with Gasteiger partial charge in [0, 0.05) is 51.0 Å². The van der Waals surface area contributed by atoms with Gasteiger partial charge in [0.05, 0.1) is 0 Å². The number of hydrogen-bond donors (Lipinski definition) is 0. The molecule has 0 N–H and O–H groups in total. The van der Waals surface area contributed by atoms with Crippen molar-refractivity contribution in [2.24, 2.45) is 0 Å². The molecule has 8 heteroatoms. The molecule has 4 rings (SSSR count). The Balaban J connectivity index is 1.57. The van der Waals surface area contributed by atoms with Crippen molar-refractivity contribution in [2.45, 2.75) is 6.42 Å². The zero-order valence-corrected chi connectivity index (χ0v) is 12.1. The molecule has 1 aliphatic rings. The Hall–Kier alpha value is -2.77. The molecule has 0 radical (unpaired) electrons. The predicted octanol–water partition coefficient (Wildman–Crippen LogP) is 0.631. The van der Waals surface area contributed by atoms with E-state index in [0.29, 0.717) is 0 Å². The van der Waals surface area contributed by atoms with Crippen LogP contribution in [-0.2, 0) is 0 Å². The van der Waals surface area contributed by atoms with Gasteiger partial charge >= 0.3 is 0 Å². The molecule has 1 aliphatic heterocycles. The Kier molecular flexibility index (Phi) is 3.26. The van der Waals surface area contributed by atoms with E-state index in [4.69, 9.17) is 0 Å². The van der Waals surface area contributed by atoms with Gasteiger partial charge in [0.2, 0.25) is 11.6 Å². The number of rotatable bonds is 2. The van der Waals surface area contributed by atoms with Crippen molar-refractivity contribution in [1.29, 1.82) is 0 Å². The summed E-state index contributed by atoms with van der Waals surface area (Å²) < 4.78 is 1.89. The molecule has 0 spiro atoms. The average Bonchev–Trinajstić information content (AvgIpc) is 2.92. The first-order valence-electron chi connectivity index (χ1n) is 7.33. The first-order chi connectivity index (χ1) is 10.9. The molecular formula is C14H16N8. The van der Waals surface area contributed by atoms with E-state index in [1.54, 1.807) is 24.9 Å². The lowest BCUT2D eigenvalue weighted by atomic mass is 10.4. The van der Waals surface area contributed by atoms with Crippen LogP contribution >= 0.6 is 0 Å². The zero-order valence-electron chi connectivity index (χ0n) is 12.1. The maximum absolute atomic E-state index is 4.50. The zero-order chi connectivity index (χ0) is 14.8. The third-order valence-electron chi connectivity index (χ3n) is 3.83. The molecule has 1 saturated heterocycles. The van der Waals surface area contributed by atoms with Crippen molar-refractivity contribution >= 4 is 17.4 Å². The minimum absolute atomic E-state index is 0.790. The second kappa shape index (κ2) is 5.55. The van der Waals surface area contributed by atoms with Gasteiger partial charge in [-0.3, -0.25) is 4.40 Å². The molecule has 1 fully saturated rings. The van der Waals surface area contributed by atoms with Crippen LogP contribution in [-0.4, -0.2) is 55.7 Å². The summed E-state index contributed by atoms with van der Waals surface area (Å²) >= 11 is 0. The third-order valence-corrected chi connectivity index (χ3v) is 3.83. The van der Waals surface area contributed by atoms with Gasteiger partial charge in [-0.05, 0) is 12.5 Å². The topological polar surface area (TPSA) is 75.3 Å². The molecule has 0 saturated carbocycles. The van der Waals surface area contributed by atoms with E-state index in [1.807, 2.05) is 16.7 Å². The van der Waals surface area contributed by atoms with E-state index in [2.05, 4.69) is 34.9 Å². The fraction of sp³-hybridized carbons (Fsp3) is 0.357. The third kappa shape index (κ3) is 2.32. The Labute approximate surface area is 127 Å². The summed E-state index contributed by atoms with van der Waals surface area (Å²) in [5, 5.41) is 8.13. The van der Waals surface area contributed by atoms with Gasteiger partial charge in [-0.15, -0.1) is 10.2 Å². The maximum atomic E-state index is 4.50. The number of aromatic nitrogens is 6. The fourth-order valence-electron chi connectivity index (χ4n) is 2.75. The van der Waals surface area contributed by atoms with E-state index in [0.717, 1.165) is 50.0 Å². The van der Waals surface area contributed by atoms with Crippen molar-refractivity contribution in [1.82, 2.24) is 29.5 Å². The monoisotopic (exact) mass is 296 g/mol. The molecule has 112 valence electrons. The number of fused-ring (bicyclic) bond motifs is 1. The number of hydrogen-bond acceptors (Lipinski definition) is 7. The standard InChI is InChI=1S/C14H16N8/c1-3-16-14(17-4-1)21-7-2-6-20(9-10-21)12-13-19-18-11-22(13)8-5-15-12/h1,3-5,8,11H,2,6-7,9-10H2. The summed E-state index contributed by atoms with van der Waals surface area (Å²) in [5.74, 6) is 1.67. The molecule has 0 bridgehead atoms. The smallest absolute Gasteiger partial charge is 0.225 e. The van der Waals surface area contributed by atoms with Gasteiger partial charge in [-0.1, -0.05) is 0 Å². The minimum atomic E-state index is 0.790. The molecule has 22 heavy (non-hydrogen) atoms. The molecule has 4 heterocycles. The van der Waals surface area contributed by atoms with Crippen molar-refractivity contribution in [3.05, 3.63) is 37.2 Å². The van der Waals surface area contributed by atoms with Crippen LogP contribution in [0.5, 0.6) is 0 Å². The second-order valence-corrected chi connectivity index (χ2v) is 5.19. The molecule has 0 unspecified atom stereocenters. The summed E-state index contributed by atoms with van der Waals surface area (Å²) in [5.41, 5.74) is 0.798. The first kappa shape index (κ1) is 12.9. The Morgan fingerprint density at radius 2 is 1.68 bits per heavy atom. The van der Waals surface area contributed by atoms with Crippen molar-refractivity contribution in [3.63, 3.8) is 0 Å². The van der Waals surface area contributed by atoms with Crippen LogP contribution in [0.1, 0.15) is 6.42 Å². The summed E-state index contributed by atoms with van der Waals surface area (Å²) in [6.07, 6.45) is 9.93. The van der Waals surface area contributed by atoms with E-state index in [1.165, 1.54) is 0 Å². The molecule has 0 amide bonds. The SMILES string of the molecule is c1cnc(N2CCCN(c3nccn4cnnc34)CC2)nc1. The van der Waals surface area contributed by atoms with Crippen LogP contribution in [0, 0.1) is 0 Å². The van der Waals surface area contributed by atoms with E-state index < -0.39 is 0 Å². The van der Waals surface area contributed by atoms with E-state index in [-0.39, 0.29) is 0 Å². The van der Waals surface area contributed by atoms with E-state index in [9.17, 15) is 0 Å². The van der Waals surface area contributed by atoms with Crippen LogP contribution < -0.4 is 9.80 Å². The highest BCUT2D eigenvalue weighted by Gasteiger charge is 2.20. The van der Waals surface area contributed by atoms with Crippen molar-refractivity contribution in [2.75, 3.05) is 36.0 Å². The van der Waals surface area contributed by atoms with Gasteiger partial charge < -0.3 is 9.80 Å². The molecule has 0 aromatic carbocycles. The van der Waals surface area contributed by atoms with Crippen LogP contribution in [0.25, 0.3) is 5.65 Å². The predicted molar refractivity (Wildman–Crippen MR) is 81.9 cm³/mol. The number of anilines is 2. The second-order valence-electron chi connectivity index (χ2n) is 5.19. The lowest BCUT2D eigenvalue weighted by Gasteiger charge is -2.22. The highest BCUT2D eigenvalue weighted by Crippen LogP contribution is 2.19. The lowest BCUT2D eigenvalue weighted by Crippen LogP contribution is -2.32. The summed E-state index contributed by atoms with van der Waals surface area (Å²) in [7, 11) is 0. The number of nitrogens with zero attached hydrogens (tertiary/aromatic N) is 8. The summed E-state index contributed by atoms with van der Waals surface area (Å²) in [6, 6.07) is 1.84. The van der Waals surface area contributed by atoms with Crippen LogP contribution in [0.2, 0.25) is 0 Å². The largest absolute Gasteiger partial charge is 0.352 e. The van der Waals surface area contributed by atoms with Crippen LogP contribution in [0.3, 0.4) is 0 Å². The van der Waals surface area contributed by atoms with Crippen molar-refractivity contribution in [3.8, 4) is 0 Å². The van der Waals surface area contributed by atoms with Gasteiger partial charge in [-0.2, -0.15) is 0 Å². The Morgan fingerprint density at radius 3 is 2.59 bits per heavy atom. The maximum Gasteiger partial charge on any atom is 0.225 e. The van der Waals surface area contributed by atoms with Gasteiger partial charge in [0.1, 0.15) is 6.33 Å². The fourth-order valence-corrected chi connectivity index (χ4v) is 2.75. The average molecular weight is 296 g/mol. The molecule has 8 nitrogen and oxygen atoms in total. The molecule has 0 aliphatic carbocycles. The van der Waals surface area contributed by atoms with Gasteiger partial charge in [0.15, 0.2) is 5.82 Å². The summed E-state index contributed by atoms with van der Waals surface area (Å²) in [6.45, 7) is 3.60. The van der Waals surface area contributed by atoms with Gasteiger partial charge in [0.25, 0.3) is 0 Å². The van der Waals surface area contributed by atoms with Crippen LogP contribution in [0.15, 0.2) is 37.2 Å². The van der Waals surface area contributed by atoms with E-state index >= 15 is 0 Å². The minimum Gasteiger partial charge on any atom is -0.352 e. The molecule has 0 atom stereocenters. The molecule has 3 aromatic heterocycles. The van der Waals surface area contributed by atoms with Crippen molar-refractivity contribution < 1.29 is 0 Å². The van der Waals surface area contributed by atoms with Crippen LogP contribution in [0.4, 0.5) is 11.8 Å². The Bertz CT molecular complexity index is 756. The lowest BCUT2D eigenvalue weighted by molar-refractivity contribution is 0.781. The molecule has 3 aromatic rings. The Morgan fingerprint density at radius 1 is 0.864 bits per heavy atom. The molecular weight excluding hydrogens is 280 g/mol. The van der Waals surface area contributed by atoms with Gasteiger partial charge in [-0.25, -0.2) is 15.0 Å².